The molecule has 0 aromatic carbocycles. The average Bonchev–Trinajstić information content (AvgIpc) is 2.95. The molecule has 0 N–H and O–H groups in total. The molecule has 1 saturated heterocycles. The molecule has 7 nitrogen and oxygen atoms in total. The van der Waals surface area contributed by atoms with Crippen LogP contribution in [0.3, 0.4) is 0 Å². The largest absolute Gasteiger partial charge is 0.336 e. The first kappa shape index (κ1) is 12.4. The number of amides is 1. The minimum Gasteiger partial charge on any atom is -0.336 e. The minimum atomic E-state index is -0.0902. The number of hydrogen-bond acceptors (Lipinski definition) is 4. The fourth-order valence-electron chi connectivity index (χ4n) is 2.44. The van der Waals surface area contributed by atoms with Crippen LogP contribution in [-0.2, 0) is 7.05 Å². The monoisotopic (exact) mass is 270 g/mol. The zero-order valence-electron chi connectivity index (χ0n) is 11.3. The maximum absolute atomic E-state index is 12.6. The van der Waals surface area contributed by atoms with Gasteiger partial charge in [0.25, 0.3) is 5.91 Å². The molecule has 0 radical (unpaired) electrons. The summed E-state index contributed by atoms with van der Waals surface area (Å²) in [5.41, 5.74) is 1.22. The maximum atomic E-state index is 12.6. The summed E-state index contributed by atoms with van der Waals surface area (Å²) in [6, 6.07) is 3.96. The number of aromatic nitrogens is 4. The number of rotatable bonds is 2. The van der Waals surface area contributed by atoms with Crippen molar-refractivity contribution in [3.63, 3.8) is 0 Å². The summed E-state index contributed by atoms with van der Waals surface area (Å²) in [6.45, 7) is 2.78. The molecule has 0 aliphatic carbocycles. The summed E-state index contributed by atoms with van der Waals surface area (Å²) in [5.74, 6) is 0.509. The zero-order valence-corrected chi connectivity index (χ0v) is 11.3. The highest BCUT2D eigenvalue weighted by atomic mass is 16.2. The van der Waals surface area contributed by atoms with Crippen molar-refractivity contribution in [1.29, 1.82) is 5.26 Å². The van der Waals surface area contributed by atoms with E-state index in [2.05, 4.69) is 16.3 Å². The number of aryl methyl sites for hydroxylation is 2. The van der Waals surface area contributed by atoms with Crippen LogP contribution in [0.2, 0.25) is 0 Å². The van der Waals surface area contributed by atoms with Crippen LogP contribution in [0.1, 0.15) is 16.1 Å². The second-order valence-electron chi connectivity index (χ2n) is 4.89. The van der Waals surface area contributed by atoms with Gasteiger partial charge in [-0.2, -0.15) is 15.5 Å². The normalized spacial score (nSPS) is 14.9. The third-order valence-electron chi connectivity index (χ3n) is 3.48. The van der Waals surface area contributed by atoms with E-state index in [0.717, 1.165) is 0 Å². The summed E-state index contributed by atoms with van der Waals surface area (Å²) in [7, 11) is 1.79. The van der Waals surface area contributed by atoms with E-state index in [-0.39, 0.29) is 11.8 Å². The van der Waals surface area contributed by atoms with E-state index in [4.69, 9.17) is 5.26 Å². The molecule has 0 atom stereocenters. The summed E-state index contributed by atoms with van der Waals surface area (Å²) >= 11 is 0. The number of nitrogens with zero attached hydrogens (tertiary/aromatic N) is 6. The molecule has 2 aromatic heterocycles. The van der Waals surface area contributed by atoms with Crippen molar-refractivity contribution in [2.24, 2.45) is 13.0 Å². The molecule has 1 aliphatic rings. The highest BCUT2D eigenvalue weighted by Crippen LogP contribution is 2.23. The van der Waals surface area contributed by atoms with Gasteiger partial charge in [-0.3, -0.25) is 4.79 Å². The number of nitriles is 1. The number of carbonyl (C=O) groups is 1. The van der Waals surface area contributed by atoms with Gasteiger partial charge in [-0.15, -0.1) is 0 Å². The van der Waals surface area contributed by atoms with Crippen LogP contribution >= 0.6 is 0 Å². The molecule has 102 valence electrons. The average molecular weight is 270 g/mol. The first-order chi connectivity index (χ1) is 9.61. The summed E-state index contributed by atoms with van der Waals surface area (Å²) in [5, 5.41) is 17.3. The molecule has 0 unspecified atom stereocenters. The van der Waals surface area contributed by atoms with Crippen LogP contribution < -0.4 is 0 Å². The predicted octanol–water partition coefficient (Wildman–Crippen LogP) is 0.510. The van der Waals surface area contributed by atoms with E-state index in [1.807, 2.05) is 6.92 Å². The second kappa shape index (κ2) is 4.49. The van der Waals surface area contributed by atoms with Crippen molar-refractivity contribution >= 4 is 5.91 Å². The van der Waals surface area contributed by atoms with E-state index >= 15 is 0 Å². The molecular weight excluding hydrogens is 256 g/mol. The van der Waals surface area contributed by atoms with Gasteiger partial charge in [0.2, 0.25) is 0 Å². The van der Waals surface area contributed by atoms with E-state index in [1.165, 1.54) is 0 Å². The van der Waals surface area contributed by atoms with Crippen LogP contribution in [0, 0.1) is 24.2 Å². The fraction of sp³-hybridized carbons (Fsp3) is 0.385. The highest BCUT2D eigenvalue weighted by molar-refractivity contribution is 5.98. The Morgan fingerprint density at radius 3 is 2.85 bits per heavy atom. The van der Waals surface area contributed by atoms with Crippen molar-refractivity contribution < 1.29 is 4.79 Å². The molecular formula is C13H14N6O. The van der Waals surface area contributed by atoms with E-state index in [9.17, 15) is 4.79 Å². The van der Waals surface area contributed by atoms with Crippen LogP contribution in [-0.4, -0.2) is 43.5 Å². The molecule has 1 fully saturated rings. The number of carbonyl (C=O) groups excluding carboxylic acids is 1. The third kappa shape index (κ3) is 1.77. The van der Waals surface area contributed by atoms with Crippen molar-refractivity contribution in [1.82, 2.24) is 24.5 Å². The Morgan fingerprint density at radius 2 is 2.25 bits per heavy atom. The van der Waals surface area contributed by atoms with Gasteiger partial charge in [-0.1, -0.05) is 0 Å². The Kier molecular flexibility index (Phi) is 2.79. The molecule has 2 aromatic rings. The van der Waals surface area contributed by atoms with Gasteiger partial charge in [0.05, 0.1) is 17.7 Å². The zero-order chi connectivity index (χ0) is 14.3. The van der Waals surface area contributed by atoms with Crippen molar-refractivity contribution in [2.45, 2.75) is 6.92 Å². The number of likely N-dealkylation sites (tertiary alicyclic amines) is 1. The number of hydrogen-bond donors (Lipinski definition) is 0. The molecule has 1 aliphatic heterocycles. The lowest BCUT2D eigenvalue weighted by molar-refractivity contribution is 0.0576. The van der Waals surface area contributed by atoms with Crippen LogP contribution in [0.25, 0.3) is 5.82 Å². The van der Waals surface area contributed by atoms with Gasteiger partial charge in [-0.05, 0) is 13.0 Å². The van der Waals surface area contributed by atoms with Gasteiger partial charge in [0.15, 0.2) is 5.82 Å². The Bertz CT molecular complexity index is 687. The molecule has 3 rings (SSSR count). The fourth-order valence-corrected chi connectivity index (χ4v) is 2.44. The topological polar surface area (TPSA) is 79.7 Å². The lowest BCUT2D eigenvalue weighted by Gasteiger charge is -2.35. The Hall–Kier alpha value is -2.62. The van der Waals surface area contributed by atoms with Gasteiger partial charge >= 0.3 is 0 Å². The Labute approximate surface area is 116 Å². The first-order valence-corrected chi connectivity index (χ1v) is 6.34. The van der Waals surface area contributed by atoms with Crippen molar-refractivity contribution in [2.75, 3.05) is 13.1 Å². The van der Waals surface area contributed by atoms with Crippen LogP contribution in [0.15, 0.2) is 18.5 Å². The van der Waals surface area contributed by atoms with Crippen LogP contribution in [0.5, 0.6) is 0 Å². The van der Waals surface area contributed by atoms with Gasteiger partial charge in [0, 0.05) is 32.5 Å². The summed E-state index contributed by atoms with van der Waals surface area (Å²) < 4.78 is 3.28. The van der Waals surface area contributed by atoms with Crippen molar-refractivity contribution in [3.8, 4) is 11.9 Å². The molecule has 7 heteroatoms. The predicted molar refractivity (Wildman–Crippen MR) is 70.1 cm³/mol. The lowest BCUT2D eigenvalue weighted by atomic mass is 10.0. The smallest absolute Gasteiger partial charge is 0.259 e. The molecule has 3 heterocycles. The third-order valence-corrected chi connectivity index (χ3v) is 3.48. The lowest BCUT2D eigenvalue weighted by Crippen LogP contribution is -2.49. The molecule has 0 bridgehead atoms. The standard InChI is InChI=1S/C13H14N6O/c1-9-11(13(20)18-7-10(6-14)8-18)12(17(2)16-9)19-5-3-4-15-19/h3-5,10H,7-8H2,1-2H3. The Balaban J connectivity index is 1.98. The summed E-state index contributed by atoms with van der Waals surface area (Å²) in [4.78, 5) is 14.2. The van der Waals surface area contributed by atoms with E-state index < -0.39 is 0 Å². The van der Waals surface area contributed by atoms with E-state index in [1.54, 1.807) is 39.8 Å². The van der Waals surface area contributed by atoms with Crippen molar-refractivity contribution in [3.05, 3.63) is 29.7 Å². The molecule has 0 spiro atoms. The van der Waals surface area contributed by atoms with Gasteiger partial charge in [0.1, 0.15) is 5.56 Å². The molecule has 20 heavy (non-hydrogen) atoms. The first-order valence-electron chi connectivity index (χ1n) is 6.34. The Morgan fingerprint density at radius 1 is 1.50 bits per heavy atom. The highest BCUT2D eigenvalue weighted by Gasteiger charge is 2.34. The quantitative estimate of drug-likeness (QED) is 0.796. The molecule has 0 saturated carbocycles. The minimum absolute atomic E-state index is 0.0518. The van der Waals surface area contributed by atoms with Gasteiger partial charge < -0.3 is 4.90 Å². The SMILES string of the molecule is Cc1nn(C)c(-n2cccn2)c1C(=O)N1CC(C#N)C1. The maximum Gasteiger partial charge on any atom is 0.259 e. The molecule has 1 amide bonds. The van der Waals surface area contributed by atoms with E-state index in [0.29, 0.717) is 30.2 Å². The second-order valence-corrected chi connectivity index (χ2v) is 4.89. The summed E-state index contributed by atoms with van der Waals surface area (Å²) in [6.07, 6.45) is 3.44. The van der Waals surface area contributed by atoms with Crippen LogP contribution in [0.4, 0.5) is 0 Å². The van der Waals surface area contributed by atoms with Gasteiger partial charge in [-0.25, -0.2) is 9.36 Å².